The summed E-state index contributed by atoms with van der Waals surface area (Å²) in [5, 5.41) is 5.99. The van der Waals surface area contributed by atoms with Crippen molar-refractivity contribution in [1.29, 1.82) is 0 Å². The number of benzene rings is 2. The van der Waals surface area contributed by atoms with Gasteiger partial charge in [0.1, 0.15) is 17.7 Å². The first-order chi connectivity index (χ1) is 15.7. The van der Waals surface area contributed by atoms with Gasteiger partial charge in [0, 0.05) is 38.3 Å². The molecule has 2 aromatic rings. The van der Waals surface area contributed by atoms with Gasteiger partial charge in [-0.1, -0.05) is 17.7 Å². The second kappa shape index (κ2) is 9.51. The third-order valence-corrected chi connectivity index (χ3v) is 5.72. The molecule has 33 heavy (non-hydrogen) atoms. The molecule has 0 aliphatic carbocycles. The van der Waals surface area contributed by atoms with Gasteiger partial charge < -0.3 is 25.0 Å². The largest absolute Gasteiger partial charge is 0.477 e. The molecule has 0 spiro atoms. The summed E-state index contributed by atoms with van der Waals surface area (Å²) >= 11 is 0. The molecule has 4 rings (SSSR count). The van der Waals surface area contributed by atoms with Crippen LogP contribution in [0.2, 0.25) is 0 Å². The van der Waals surface area contributed by atoms with E-state index < -0.39 is 18.4 Å². The zero-order chi connectivity index (χ0) is 23.6. The highest BCUT2D eigenvalue weighted by molar-refractivity contribution is 5.96. The summed E-state index contributed by atoms with van der Waals surface area (Å²) in [6, 6.07) is 10.1. The lowest BCUT2D eigenvalue weighted by Gasteiger charge is -2.27. The topological polar surface area (TPSA) is 62.8 Å². The second-order valence-electron chi connectivity index (χ2n) is 8.64. The Balaban J connectivity index is 1.39. The first-order valence-electron chi connectivity index (χ1n) is 11.0. The van der Waals surface area contributed by atoms with Crippen molar-refractivity contribution in [3.05, 3.63) is 47.5 Å². The number of nitrogens with zero attached hydrogens (tertiary/aromatic N) is 1. The molecule has 1 fully saturated rings. The van der Waals surface area contributed by atoms with Crippen molar-refractivity contribution in [2.45, 2.75) is 45.1 Å². The van der Waals surface area contributed by atoms with Crippen molar-refractivity contribution >= 4 is 17.3 Å². The van der Waals surface area contributed by atoms with E-state index in [0.29, 0.717) is 43.4 Å². The van der Waals surface area contributed by atoms with Crippen molar-refractivity contribution in [1.82, 2.24) is 4.90 Å². The number of fused-ring (bicyclic) bond motifs is 1. The lowest BCUT2D eigenvalue weighted by atomic mass is 10.1. The highest BCUT2D eigenvalue weighted by Crippen LogP contribution is 2.34. The van der Waals surface area contributed by atoms with Gasteiger partial charge in [0.05, 0.1) is 12.2 Å². The number of rotatable bonds is 7. The number of hydrogen-bond donors (Lipinski definition) is 2. The number of hydrogen-bond acceptors (Lipinski definition) is 5. The predicted octanol–water partition coefficient (Wildman–Crippen LogP) is 4.38. The van der Waals surface area contributed by atoms with E-state index in [1.165, 1.54) is 18.2 Å². The van der Waals surface area contributed by atoms with Gasteiger partial charge in [0.2, 0.25) is 0 Å². The van der Waals surface area contributed by atoms with E-state index in [-0.39, 0.29) is 18.2 Å². The molecule has 2 aromatic carbocycles. The van der Waals surface area contributed by atoms with Crippen LogP contribution < -0.4 is 20.1 Å². The van der Waals surface area contributed by atoms with E-state index in [1.54, 1.807) is 0 Å². The van der Waals surface area contributed by atoms with Crippen LogP contribution >= 0.6 is 0 Å². The minimum absolute atomic E-state index is 0.00151. The van der Waals surface area contributed by atoms with Crippen LogP contribution in [0.5, 0.6) is 11.5 Å². The lowest BCUT2D eigenvalue weighted by Crippen LogP contribution is -2.41. The van der Waals surface area contributed by atoms with Crippen LogP contribution in [0, 0.1) is 6.92 Å². The van der Waals surface area contributed by atoms with E-state index in [4.69, 9.17) is 4.74 Å². The minimum Gasteiger partial charge on any atom is -0.477 e. The van der Waals surface area contributed by atoms with E-state index in [9.17, 15) is 18.0 Å². The first-order valence-corrected chi connectivity index (χ1v) is 11.0. The summed E-state index contributed by atoms with van der Waals surface area (Å²) in [5.41, 5.74) is 3.24. The Kier molecular flexibility index (Phi) is 6.69. The number of aryl methyl sites for hydroxylation is 1. The maximum atomic E-state index is 13.5. The predicted molar refractivity (Wildman–Crippen MR) is 120 cm³/mol. The van der Waals surface area contributed by atoms with Crippen molar-refractivity contribution in [3.8, 4) is 11.5 Å². The van der Waals surface area contributed by atoms with Crippen LogP contribution in [0.4, 0.5) is 24.5 Å². The SMILES string of the molecule is Cc1ccc(NC(=O)C2CNc3cc(OC(C)(F)F)ccc3O2)c(CCN2CC[C@H](F)C2)c1. The zero-order valence-electron chi connectivity index (χ0n) is 18.7. The molecule has 2 N–H and O–H groups in total. The fraction of sp³-hybridized carbons (Fsp3) is 0.458. The maximum Gasteiger partial charge on any atom is 0.394 e. The Morgan fingerprint density at radius 2 is 2.12 bits per heavy atom. The van der Waals surface area contributed by atoms with Gasteiger partial charge in [-0.2, -0.15) is 8.78 Å². The monoisotopic (exact) mass is 463 g/mol. The summed E-state index contributed by atoms with van der Waals surface area (Å²) in [7, 11) is 0. The Morgan fingerprint density at radius 1 is 1.30 bits per heavy atom. The molecule has 9 heteroatoms. The number of nitrogens with one attached hydrogen (secondary N) is 2. The molecule has 6 nitrogen and oxygen atoms in total. The molecule has 2 atom stereocenters. The van der Waals surface area contributed by atoms with Gasteiger partial charge in [-0.3, -0.25) is 4.79 Å². The van der Waals surface area contributed by atoms with Crippen LogP contribution in [0.3, 0.4) is 0 Å². The Morgan fingerprint density at radius 3 is 2.85 bits per heavy atom. The summed E-state index contributed by atoms with van der Waals surface area (Å²) in [5.74, 6) is 0.0670. The van der Waals surface area contributed by atoms with Gasteiger partial charge in [-0.05, 0) is 43.5 Å². The Bertz CT molecular complexity index is 1010. The molecule has 0 bridgehead atoms. The van der Waals surface area contributed by atoms with Gasteiger partial charge >= 0.3 is 6.11 Å². The molecule has 1 amide bonds. The van der Waals surface area contributed by atoms with Crippen LogP contribution in [0.25, 0.3) is 0 Å². The molecule has 2 heterocycles. The van der Waals surface area contributed by atoms with Crippen LogP contribution in [-0.2, 0) is 11.2 Å². The van der Waals surface area contributed by atoms with Crippen LogP contribution in [0.1, 0.15) is 24.5 Å². The molecule has 0 aromatic heterocycles. The molecular formula is C24H28F3N3O3. The number of carbonyl (C=O) groups is 1. The summed E-state index contributed by atoms with van der Waals surface area (Å²) in [4.78, 5) is 15.0. The van der Waals surface area contributed by atoms with Crippen molar-refractivity contribution in [2.75, 3.05) is 36.8 Å². The number of amides is 1. The fourth-order valence-corrected chi connectivity index (χ4v) is 4.10. The van der Waals surface area contributed by atoms with Crippen molar-refractivity contribution in [3.63, 3.8) is 0 Å². The average Bonchev–Trinajstić information content (AvgIpc) is 3.17. The smallest absolute Gasteiger partial charge is 0.394 e. The van der Waals surface area contributed by atoms with Crippen molar-refractivity contribution in [2.24, 2.45) is 0 Å². The van der Waals surface area contributed by atoms with E-state index >= 15 is 0 Å². The summed E-state index contributed by atoms with van der Waals surface area (Å²) < 4.78 is 50.0. The third-order valence-electron chi connectivity index (χ3n) is 5.72. The minimum atomic E-state index is -3.29. The number of alkyl halides is 3. The molecule has 2 aliphatic rings. The molecule has 178 valence electrons. The van der Waals surface area contributed by atoms with Crippen LogP contribution in [0.15, 0.2) is 36.4 Å². The molecule has 0 saturated carbocycles. The normalized spacial score (nSPS) is 20.5. The highest BCUT2D eigenvalue weighted by atomic mass is 19.3. The molecule has 1 saturated heterocycles. The number of anilines is 2. The number of likely N-dealkylation sites (tertiary alicyclic amines) is 1. The number of halogens is 3. The van der Waals surface area contributed by atoms with Gasteiger partial charge in [0.15, 0.2) is 6.10 Å². The van der Waals surface area contributed by atoms with Gasteiger partial charge in [-0.15, -0.1) is 0 Å². The standard InChI is InChI=1S/C24H28F3N3O3/c1-15-3-5-19(16(11-15)7-9-30-10-8-17(25)14-30)29-23(31)22-13-28-20-12-18(33-24(2,26)27)4-6-21(20)32-22/h3-6,11-12,17,22,28H,7-10,13-14H2,1-2H3,(H,29,31)/t17-,22?/m0/s1. The van der Waals surface area contributed by atoms with E-state index in [0.717, 1.165) is 24.2 Å². The van der Waals surface area contributed by atoms with E-state index in [2.05, 4.69) is 20.3 Å². The quantitative estimate of drug-likeness (QED) is 0.638. The Labute approximate surface area is 191 Å². The van der Waals surface area contributed by atoms with Crippen molar-refractivity contribution < 1.29 is 27.4 Å². The third kappa shape index (κ3) is 6.10. The number of carbonyl (C=O) groups excluding carboxylic acids is 1. The highest BCUT2D eigenvalue weighted by Gasteiger charge is 2.29. The first kappa shape index (κ1) is 23.2. The molecule has 1 unspecified atom stereocenters. The molecule has 2 aliphatic heterocycles. The summed E-state index contributed by atoms with van der Waals surface area (Å²) in [6.07, 6.45) is -3.58. The molecular weight excluding hydrogens is 435 g/mol. The second-order valence-corrected chi connectivity index (χ2v) is 8.64. The number of ether oxygens (including phenoxy) is 2. The van der Waals surface area contributed by atoms with Gasteiger partial charge in [0.25, 0.3) is 5.91 Å². The zero-order valence-corrected chi connectivity index (χ0v) is 18.7. The Hall–Kier alpha value is -2.94. The fourth-order valence-electron chi connectivity index (χ4n) is 4.10. The van der Waals surface area contributed by atoms with Crippen LogP contribution in [-0.4, -0.2) is 55.4 Å². The maximum absolute atomic E-state index is 13.5. The van der Waals surface area contributed by atoms with Gasteiger partial charge in [-0.25, -0.2) is 4.39 Å². The molecule has 0 radical (unpaired) electrons. The van der Waals surface area contributed by atoms with E-state index in [1.807, 2.05) is 25.1 Å². The summed E-state index contributed by atoms with van der Waals surface area (Å²) in [6.45, 7) is 4.76. The lowest BCUT2D eigenvalue weighted by molar-refractivity contribution is -0.158. The average molecular weight is 464 g/mol.